The van der Waals surface area contributed by atoms with Gasteiger partial charge in [0.25, 0.3) is 0 Å². The molecule has 1 heterocycles. The zero-order valence-corrected chi connectivity index (χ0v) is 15.5. The van der Waals surface area contributed by atoms with Crippen molar-refractivity contribution in [3.8, 4) is 0 Å². The van der Waals surface area contributed by atoms with Crippen molar-refractivity contribution in [2.45, 2.75) is 31.6 Å². The summed E-state index contributed by atoms with van der Waals surface area (Å²) in [6.45, 7) is 2.60. The molecule has 28 heavy (non-hydrogen) atoms. The molecule has 0 unspecified atom stereocenters. The quantitative estimate of drug-likeness (QED) is 0.790. The van der Waals surface area contributed by atoms with Crippen LogP contribution in [0.25, 0.3) is 6.08 Å². The van der Waals surface area contributed by atoms with Crippen LogP contribution in [0.5, 0.6) is 0 Å². The number of nitrogens with one attached hydrogen (secondary N) is 1. The van der Waals surface area contributed by atoms with Crippen molar-refractivity contribution >= 4 is 12.0 Å². The number of alkyl halides is 3. The number of hydrogen-bond donors (Lipinski definition) is 1. The second kappa shape index (κ2) is 9.06. The van der Waals surface area contributed by atoms with E-state index >= 15 is 0 Å². The van der Waals surface area contributed by atoms with Crippen LogP contribution in [0.15, 0.2) is 60.7 Å². The first-order valence-corrected chi connectivity index (χ1v) is 9.29. The standard InChI is InChI=1S/C22H23F3N2O/c23-22(24,25)19-10-4-8-17(14-19)9-5-11-21(28)26-20-12-13-27(16-20)15-18-6-2-1-3-7-18/h1-10,14,20H,11-13,15-16H2,(H,26,28)/b9-5+/t20-/m1/s1. The SMILES string of the molecule is O=C(C/C=C/c1cccc(C(F)(F)F)c1)N[C@@H]1CCN(Cc2ccccc2)C1. The molecule has 2 aromatic carbocycles. The number of benzene rings is 2. The van der Waals surface area contributed by atoms with Gasteiger partial charge < -0.3 is 5.32 Å². The molecule has 0 saturated carbocycles. The molecule has 1 aliphatic heterocycles. The first kappa shape index (κ1) is 20.1. The van der Waals surface area contributed by atoms with Gasteiger partial charge in [-0.15, -0.1) is 0 Å². The lowest BCUT2D eigenvalue weighted by molar-refractivity contribution is -0.137. The Balaban J connectivity index is 1.44. The Kier molecular flexibility index (Phi) is 6.52. The summed E-state index contributed by atoms with van der Waals surface area (Å²) < 4.78 is 38.2. The molecule has 1 saturated heterocycles. The Bertz CT molecular complexity index is 818. The minimum absolute atomic E-state index is 0.109. The predicted octanol–water partition coefficient (Wildman–Crippen LogP) is 4.50. The maximum Gasteiger partial charge on any atom is 0.416 e. The van der Waals surface area contributed by atoms with E-state index in [1.165, 1.54) is 11.6 Å². The third kappa shape index (κ3) is 5.96. The van der Waals surface area contributed by atoms with E-state index in [4.69, 9.17) is 0 Å². The summed E-state index contributed by atoms with van der Waals surface area (Å²) in [5.74, 6) is -0.116. The van der Waals surface area contributed by atoms with E-state index in [9.17, 15) is 18.0 Å². The van der Waals surface area contributed by atoms with Crippen molar-refractivity contribution in [3.05, 3.63) is 77.4 Å². The first-order chi connectivity index (χ1) is 13.4. The van der Waals surface area contributed by atoms with Crippen molar-refractivity contribution < 1.29 is 18.0 Å². The molecule has 1 aliphatic rings. The van der Waals surface area contributed by atoms with Crippen LogP contribution in [0.3, 0.4) is 0 Å². The fraction of sp³-hybridized carbons (Fsp3) is 0.318. The van der Waals surface area contributed by atoms with Crippen LogP contribution in [0, 0.1) is 0 Å². The highest BCUT2D eigenvalue weighted by Crippen LogP contribution is 2.29. The van der Waals surface area contributed by atoms with E-state index in [-0.39, 0.29) is 18.4 Å². The molecular weight excluding hydrogens is 365 g/mol. The second-order valence-corrected chi connectivity index (χ2v) is 7.00. The van der Waals surface area contributed by atoms with Crippen molar-refractivity contribution in [2.75, 3.05) is 13.1 Å². The van der Waals surface area contributed by atoms with Gasteiger partial charge in [-0.25, -0.2) is 0 Å². The normalized spacial score (nSPS) is 17.9. The lowest BCUT2D eigenvalue weighted by atomic mass is 10.1. The van der Waals surface area contributed by atoms with Crippen LogP contribution in [0.2, 0.25) is 0 Å². The van der Waals surface area contributed by atoms with Crippen molar-refractivity contribution in [1.29, 1.82) is 0 Å². The van der Waals surface area contributed by atoms with Gasteiger partial charge in [-0.1, -0.05) is 54.6 Å². The highest BCUT2D eigenvalue weighted by Gasteiger charge is 2.30. The molecule has 148 valence electrons. The van der Waals surface area contributed by atoms with Crippen LogP contribution in [-0.4, -0.2) is 29.9 Å². The van der Waals surface area contributed by atoms with Crippen molar-refractivity contribution in [3.63, 3.8) is 0 Å². The van der Waals surface area contributed by atoms with Crippen molar-refractivity contribution in [2.24, 2.45) is 0 Å². The largest absolute Gasteiger partial charge is 0.416 e. The van der Waals surface area contributed by atoms with E-state index in [0.717, 1.165) is 38.2 Å². The minimum atomic E-state index is -4.37. The Labute approximate surface area is 162 Å². The van der Waals surface area contributed by atoms with Crippen LogP contribution in [0.1, 0.15) is 29.5 Å². The van der Waals surface area contributed by atoms with E-state index in [2.05, 4.69) is 22.3 Å². The molecule has 6 heteroatoms. The highest BCUT2D eigenvalue weighted by atomic mass is 19.4. The summed E-state index contributed by atoms with van der Waals surface area (Å²) in [6, 6.07) is 15.4. The van der Waals surface area contributed by atoms with Gasteiger partial charge in [0, 0.05) is 32.1 Å². The molecule has 0 aromatic heterocycles. The Morgan fingerprint density at radius 2 is 1.93 bits per heavy atom. The number of halogens is 3. The number of rotatable bonds is 6. The average Bonchev–Trinajstić information content (AvgIpc) is 3.09. The van der Waals surface area contributed by atoms with Gasteiger partial charge >= 0.3 is 6.18 Å². The molecule has 0 radical (unpaired) electrons. The zero-order chi connectivity index (χ0) is 20.0. The molecule has 3 nitrogen and oxygen atoms in total. The van der Waals surface area contributed by atoms with Gasteiger partial charge in [0.15, 0.2) is 0 Å². The number of carbonyl (C=O) groups excluding carboxylic acids is 1. The summed E-state index contributed by atoms with van der Waals surface area (Å²) in [5, 5.41) is 3.00. The number of likely N-dealkylation sites (tertiary alicyclic amines) is 1. The molecule has 0 spiro atoms. The van der Waals surface area contributed by atoms with Gasteiger partial charge in [-0.2, -0.15) is 13.2 Å². The molecule has 1 N–H and O–H groups in total. The summed E-state index contributed by atoms with van der Waals surface area (Å²) in [6.07, 6.45) is -0.177. The topological polar surface area (TPSA) is 32.3 Å². The Morgan fingerprint density at radius 3 is 2.68 bits per heavy atom. The van der Waals surface area contributed by atoms with Gasteiger partial charge in [0.05, 0.1) is 5.56 Å². The van der Waals surface area contributed by atoms with E-state index < -0.39 is 11.7 Å². The van der Waals surface area contributed by atoms with E-state index in [1.807, 2.05) is 18.2 Å². The highest BCUT2D eigenvalue weighted by molar-refractivity contribution is 5.78. The van der Waals surface area contributed by atoms with Gasteiger partial charge in [0.1, 0.15) is 0 Å². The zero-order valence-electron chi connectivity index (χ0n) is 15.5. The fourth-order valence-corrected chi connectivity index (χ4v) is 3.34. The van der Waals surface area contributed by atoms with E-state index in [1.54, 1.807) is 18.2 Å². The van der Waals surface area contributed by atoms with Gasteiger partial charge in [-0.3, -0.25) is 9.69 Å². The molecule has 1 amide bonds. The predicted molar refractivity (Wildman–Crippen MR) is 103 cm³/mol. The smallest absolute Gasteiger partial charge is 0.352 e. The number of amides is 1. The monoisotopic (exact) mass is 388 g/mol. The molecular formula is C22H23F3N2O. The summed E-state index contributed by atoms with van der Waals surface area (Å²) >= 11 is 0. The van der Waals surface area contributed by atoms with E-state index in [0.29, 0.717) is 5.56 Å². The van der Waals surface area contributed by atoms with Crippen LogP contribution < -0.4 is 5.32 Å². The second-order valence-electron chi connectivity index (χ2n) is 7.00. The summed E-state index contributed by atoms with van der Waals surface area (Å²) in [7, 11) is 0. The first-order valence-electron chi connectivity index (χ1n) is 9.29. The Hall–Kier alpha value is -2.60. The van der Waals surface area contributed by atoms with Crippen LogP contribution in [0.4, 0.5) is 13.2 Å². The lowest BCUT2D eigenvalue weighted by Gasteiger charge is -2.16. The van der Waals surface area contributed by atoms with Crippen LogP contribution >= 0.6 is 0 Å². The number of nitrogens with zero attached hydrogens (tertiary/aromatic N) is 1. The van der Waals surface area contributed by atoms with Crippen molar-refractivity contribution in [1.82, 2.24) is 10.2 Å². The molecule has 1 atom stereocenters. The minimum Gasteiger partial charge on any atom is -0.352 e. The molecule has 0 bridgehead atoms. The summed E-state index contributed by atoms with van der Waals surface area (Å²) in [4.78, 5) is 14.4. The number of hydrogen-bond acceptors (Lipinski definition) is 2. The molecule has 0 aliphatic carbocycles. The maximum absolute atomic E-state index is 12.7. The van der Waals surface area contributed by atoms with Gasteiger partial charge in [0.2, 0.25) is 5.91 Å². The molecule has 3 rings (SSSR count). The third-order valence-electron chi connectivity index (χ3n) is 4.71. The lowest BCUT2D eigenvalue weighted by Crippen LogP contribution is -2.36. The molecule has 2 aromatic rings. The maximum atomic E-state index is 12.7. The Morgan fingerprint density at radius 1 is 1.14 bits per heavy atom. The fourth-order valence-electron chi connectivity index (χ4n) is 3.34. The summed E-state index contributed by atoms with van der Waals surface area (Å²) in [5.41, 5.74) is 0.986. The average molecular weight is 388 g/mol. The third-order valence-corrected chi connectivity index (χ3v) is 4.71. The number of carbonyl (C=O) groups is 1. The molecule has 1 fully saturated rings. The van der Waals surface area contributed by atoms with Crippen LogP contribution in [-0.2, 0) is 17.5 Å². The van der Waals surface area contributed by atoms with Gasteiger partial charge in [-0.05, 0) is 29.7 Å².